The van der Waals surface area contributed by atoms with Crippen molar-refractivity contribution >= 4 is 11.9 Å². The minimum Gasteiger partial charge on any atom is -0.496 e. The fraction of sp³-hybridized carbons (Fsp3) is 0.273. The van der Waals surface area contributed by atoms with Gasteiger partial charge in [-0.05, 0) is 12.1 Å². The lowest BCUT2D eigenvalue weighted by Crippen LogP contribution is -2.05. The molecule has 0 aliphatic rings. The van der Waals surface area contributed by atoms with Crippen LogP contribution in [-0.2, 0) is 16.0 Å². The highest BCUT2D eigenvalue weighted by molar-refractivity contribution is 5.90. The first-order chi connectivity index (χ1) is 7.58. The van der Waals surface area contributed by atoms with Gasteiger partial charge in [0.1, 0.15) is 5.75 Å². The topological polar surface area (TPSA) is 72.8 Å². The summed E-state index contributed by atoms with van der Waals surface area (Å²) in [5.41, 5.74) is 0.844. The van der Waals surface area contributed by atoms with Gasteiger partial charge in [0.05, 0.1) is 26.2 Å². The van der Waals surface area contributed by atoms with Crippen LogP contribution >= 0.6 is 0 Å². The smallest absolute Gasteiger partial charge is 0.337 e. The van der Waals surface area contributed by atoms with Gasteiger partial charge in [-0.3, -0.25) is 4.79 Å². The number of hydrogen-bond donors (Lipinski definition) is 1. The number of carboxylic acids is 1. The Morgan fingerprint density at radius 3 is 2.50 bits per heavy atom. The van der Waals surface area contributed by atoms with Crippen molar-refractivity contribution in [2.45, 2.75) is 6.42 Å². The molecule has 0 atom stereocenters. The standard InChI is InChI=1S/C11H12O5/c1-15-9-5-8(11(14)16-2)4-3-7(9)6-10(12)13/h3-5H,6H2,1-2H3,(H,12,13). The number of benzene rings is 1. The van der Waals surface area contributed by atoms with Crippen molar-refractivity contribution in [1.29, 1.82) is 0 Å². The first-order valence-corrected chi connectivity index (χ1v) is 4.55. The molecule has 0 heterocycles. The minimum absolute atomic E-state index is 0.148. The van der Waals surface area contributed by atoms with Gasteiger partial charge in [-0.2, -0.15) is 0 Å². The summed E-state index contributed by atoms with van der Waals surface area (Å²) < 4.78 is 9.56. The molecule has 0 amide bonds. The Balaban J connectivity index is 3.06. The predicted octanol–water partition coefficient (Wildman–Crippen LogP) is 1.11. The van der Waals surface area contributed by atoms with Gasteiger partial charge in [0.15, 0.2) is 0 Å². The van der Waals surface area contributed by atoms with E-state index < -0.39 is 11.9 Å². The second-order valence-corrected chi connectivity index (χ2v) is 3.09. The van der Waals surface area contributed by atoms with E-state index >= 15 is 0 Å². The highest BCUT2D eigenvalue weighted by atomic mass is 16.5. The van der Waals surface area contributed by atoms with Crippen LogP contribution in [0.2, 0.25) is 0 Å². The monoisotopic (exact) mass is 224 g/mol. The molecule has 0 unspecified atom stereocenters. The van der Waals surface area contributed by atoms with Crippen LogP contribution in [0.3, 0.4) is 0 Å². The Hall–Kier alpha value is -2.04. The summed E-state index contributed by atoms with van der Waals surface area (Å²) in [5.74, 6) is -1.07. The molecule has 1 aromatic rings. The molecule has 16 heavy (non-hydrogen) atoms. The molecular weight excluding hydrogens is 212 g/mol. The Bertz CT molecular complexity index is 411. The first kappa shape index (κ1) is 12.0. The van der Waals surface area contributed by atoms with Gasteiger partial charge in [-0.1, -0.05) is 6.07 Å². The van der Waals surface area contributed by atoms with E-state index in [4.69, 9.17) is 9.84 Å². The lowest BCUT2D eigenvalue weighted by atomic mass is 10.1. The molecule has 1 rings (SSSR count). The van der Waals surface area contributed by atoms with Gasteiger partial charge in [-0.15, -0.1) is 0 Å². The maximum atomic E-state index is 11.2. The average molecular weight is 224 g/mol. The normalized spacial score (nSPS) is 9.62. The molecule has 0 radical (unpaired) electrons. The number of ether oxygens (including phenoxy) is 2. The van der Waals surface area contributed by atoms with E-state index in [-0.39, 0.29) is 6.42 Å². The molecule has 0 aromatic heterocycles. The lowest BCUT2D eigenvalue weighted by Gasteiger charge is -2.08. The largest absolute Gasteiger partial charge is 0.496 e. The van der Waals surface area contributed by atoms with Crippen molar-refractivity contribution in [2.24, 2.45) is 0 Å². The van der Waals surface area contributed by atoms with Gasteiger partial charge < -0.3 is 14.6 Å². The highest BCUT2D eigenvalue weighted by Crippen LogP contribution is 2.21. The molecule has 86 valence electrons. The molecule has 0 bridgehead atoms. The summed E-state index contributed by atoms with van der Waals surface area (Å²) in [6.45, 7) is 0. The van der Waals surface area contributed by atoms with Gasteiger partial charge >= 0.3 is 11.9 Å². The van der Waals surface area contributed by atoms with Gasteiger partial charge in [0, 0.05) is 5.56 Å². The van der Waals surface area contributed by atoms with Crippen molar-refractivity contribution in [2.75, 3.05) is 14.2 Å². The third kappa shape index (κ3) is 2.73. The van der Waals surface area contributed by atoms with Crippen molar-refractivity contribution in [1.82, 2.24) is 0 Å². The SMILES string of the molecule is COC(=O)c1ccc(CC(=O)O)c(OC)c1. The summed E-state index contributed by atoms with van der Waals surface area (Å²) in [6.07, 6.45) is -0.148. The zero-order valence-electron chi connectivity index (χ0n) is 9.02. The Morgan fingerprint density at radius 2 is 2.00 bits per heavy atom. The predicted molar refractivity (Wildman–Crippen MR) is 55.7 cm³/mol. The second kappa shape index (κ2) is 5.16. The summed E-state index contributed by atoms with van der Waals surface area (Å²) in [4.78, 5) is 21.8. The van der Waals surface area contributed by atoms with E-state index in [9.17, 15) is 9.59 Å². The van der Waals surface area contributed by atoms with Crippen LogP contribution in [0.5, 0.6) is 5.75 Å². The molecule has 5 nitrogen and oxygen atoms in total. The van der Waals surface area contributed by atoms with Crippen LogP contribution in [0.4, 0.5) is 0 Å². The van der Waals surface area contributed by atoms with Gasteiger partial charge in [0.25, 0.3) is 0 Å². The van der Waals surface area contributed by atoms with Crippen LogP contribution in [0.15, 0.2) is 18.2 Å². The maximum absolute atomic E-state index is 11.2. The number of carbonyl (C=O) groups is 2. The van der Waals surface area contributed by atoms with Crippen LogP contribution in [0, 0.1) is 0 Å². The fourth-order valence-corrected chi connectivity index (χ4v) is 1.30. The number of rotatable bonds is 4. The van der Waals surface area contributed by atoms with Crippen LogP contribution < -0.4 is 4.74 Å². The van der Waals surface area contributed by atoms with Crippen LogP contribution in [0.1, 0.15) is 15.9 Å². The van der Waals surface area contributed by atoms with Gasteiger partial charge in [-0.25, -0.2) is 4.79 Å². The van der Waals surface area contributed by atoms with Crippen LogP contribution in [0.25, 0.3) is 0 Å². The molecule has 0 spiro atoms. The third-order valence-electron chi connectivity index (χ3n) is 2.05. The Labute approximate surface area is 92.6 Å². The Kier molecular flexibility index (Phi) is 3.88. The average Bonchev–Trinajstić information content (AvgIpc) is 2.27. The molecule has 5 heteroatoms. The van der Waals surface area contributed by atoms with E-state index in [0.29, 0.717) is 16.9 Å². The quantitative estimate of drug-likeness (QED) is 0.775. The maximum Gasteiger partial charge on any atom is 0.337 e. The molecule has 0 saturated carbocycles. The first-order valence-electron chi connectivity index (χ1n) is 4.55. The van der Waals surface area contributed by atoms with Crippen molar-refractivity contribution in [3.8, 4) is 5.75 Å². The van der Waals surface area contributed by atoms with Crippen molar-refractivity contribution < 1.29 is 24.2 Å². The zero-order valence-corrected chi connectivity index (χ0v) is 9.02. The van der Waals surface area contributed by atoms with Crippen LogP contribution in [-0.4, -0.2) is 31.3 Å². The van der Waals surface area contributed by atoms with E-state index in [2.05, 4.69) is 4.74 Å². The van der Waals surface area contributed by atoms with Crippen molar-refractivity contribution in [3.63, 3.8) is 0 Å². The van der Waals surface area contributed by atoms with E-state index in [1.54, 1.807) is 6.07 Å². The Morgan fingerprint density at radius 1 is 1.31 bits per heavy atom. The van der Waals surface area contributed by atoms with E-state index in [1.807, 2.05) is 0 Å². The van der Waals surface area contributed by atoms with E-state index in [0.717, 1.165) is 0 Å². The molecule has 1 N–H and O–H groups in total. The summed E-state index contributed by atoms with van der Waals surface area (Å²) in [5, 5.41) is 8.66. The number of hydrogen-bond acceptors (Lipinski definition) is 4. The molecule has 0 aliphatic heterocycles. The fourth-order valence-electron chi connectivity index (χ4n) is 1.30. The third-order valence-corrected chi connectivity index (χ3v) is 2.05. The zero-order chi connectivity index (χ0) is 12.1. The molecule has 0 aliphatic carbocycles. The second-order valence-electron chi connectivity index (χ2n) is 3.09. The molecule has 1 aromatic carbocycles. The van der Waals surface area contributed by atoms with Gasteiger partial charge in [0.2, 0.25) is 0 Å². The van der Waals surface area contributed by atoms with Crippen molar-refractivity contribution in [3.05, 3.63) is 29.3 Å². The summed E-state index contributed by atoms with van der Waals surface area (Å²) in [6, 6.07) is 4.51. The minimum atomic E-state index is -0.955. The number of carbonyl (C=O) groups excluding carboxylic acids is 1. The number of carboxylic acid groups (broad SMARTS) is 1. The number of esters is 1. The summed E-state index contributed by atoms with van der Waals surface area (Å²) in [7, 11) is 2.70. The number of methoxy groups -OCH3 is 2. The summed E-state index contributed by atoms with van der Waals surface area (Å²) >= 11 is 0. The number of aliphatic carboxylic acids is 1. The molecule has 0 saturated heterocycles. The molecule has 0 fully saturated rings. The molecular formula is C11H12O5. The van der Waals surface area contributed by atoms with E-state index in [1.165, 1.54) is 26.4 Å². The highest BCUT2D eigenvalue weighted by Gasteiger charge is 2.12. The lowest BCUT2D eigenvalue weighted by molar-refractivity contribution is -0.136.